The van der Waals surface area contributed by atoms with Gasteiger partial charge in [0.2, 0.25) is 0 Å². The Morgan fingerprint density at radius 3 is 2.45 bits per heavy atom. The lowest BCUT2D eigenvalue weighted by Crippen LogP contribution is -2.40. The second-order valence-corrected chi connectivity index (χ2v) is 8.17. The fraction of sp³-hybridized carbons (Fsp3) is 0.364. The lowest BCUT2D eigenvalue weighted by Gasteiger charge is -2.18. The Kier molecular flexibility index (Phi) is 6.27. The first-order valence-electron chi connectivity index (χ1n) is 9.45. The number of hydrogen-bond acceptors (Lipinski definition) is 4. The number of rotatable bonds is 8. The Morgan fingerprint density at radius 1 is 1.10 bits per heavy atom. The number of hydrogen-bond donors (Lipinski definition) is 4. The zero-order chi connectivity index (χ0) is 21.2. The topological polar surface area (TPSA) is 107 Å². The van der Waals surface area contributed by atoms with Gasteiger partial charge in [0, 0.05) is 17.6 Å². The van der Waals surface area contributed by atoms with Crippen LogP contribution in [-0.2, 0) is 28.9 Å². The van der Waals surface area contributed by atoms with Crippen molar-refractivity contribution in [2.75, 3.05) is 6.54 Å². The number of aliphatic hydroxyl groups excluding tert-OH is 1. The number of halogens is 1. The van der Waals surface area contributed by atoms with Gasteiger partial charge in [-0.2, -0.15) is 0 Å². The molecule has 0 saturated carbocycles. The summed E-state index contributed by atoms with van der Waals surface area (Å²) in [7, 11) is 0. The Morgan fingerprint density at radius 2 is 1.79 bits per heavy atom. The standard InChI is InChI=1S/C22H24ClNO5/c1-13(24-12-19(25)15-3-2-4-18(23)9-15)7-14-5-6-16-10-22(20(26)27,21(28)29)11-17(16)8-14/h2-6,8-9,13,19,24-25H,7,10-12H2,1H3,(H,26,27)(H,28,29)/t13-,19+/m1/s1. The van der Waals surface area contributed by atoms with Crippen LogP contribution in [0.15, 0.2) is 42.5 Å². The second kappa shape index (κ2) is 8.53. The first-order chi connectivity index (χ1) is 13.7. The molecule has 0 aliphatic heterocycles. The number of benzene rings is 2. The summed E-state index contributed by atoms with van der Waals surface area (Å²) in [6, 6.07) is 12.8. The Hall–Kier alpha value is -2.41. The quantitative estimate of drug-likeness (QED) is 0.492. The molecule has 2 aromatic rings. The Balaban J connectivity index is 1.61. The number of fused-ring (bicyclic) bond motifs is 1. The van der Waals surface area contributed by atoms with Gasteiger partial charge in [0.15, 0.2) is 5.41 Å². The molecule has 0 bridgehead atoms. The first kappa shape index (κ1) is 21.3. The summed E-state index contributed by atoms with van der Waals surface area (Å²) >= 11 is 5.96. The molecule has 0 heterocycles. The lowest BCUT2D eigenvalue weighted by molar-refractivity contribution is -0.163. The molecule has 1 aliphatic carbocycles. The first-order valence-corrected chi connectivity index (χ1v) is 9.83. The summed E-state index contributed by atoms with van der Waals surface area (Å²) < 4.78 is 0. The van der Waals surface area contributed by atoms with Gasteiger partial charge < -0.3 is 20.6 Å². The molecule has 0 saturated heterocycles. The number of aliphatic carboxylic acids is 2. The van der Waals surface area contributed by atoms with Crippen LogP contribution in [0.25, 0.3) is 0 Å². The maximum Gasteiger partial charge on any atom is 0.321 e. The van der Waals surface area contributed by atoms with Crippen LogP contribution in [0.5, 0.6) is 0 Å². The summed E-state index contributed by atoms with van der Waals surface area (Å²) in [4.78, 5) is 23.1. The van der Waals surface area contributed by atoms with Crippen LogP contribution < -0.4 is 5.32 Å². The van der Waals surface area contributed by atoms with Gasteiger partial charge in [0.05, 0.1) is 6.10 Å². The van der Waals surface area contributed by atoms with Crippen molar-refractivity contribution in [1.29, 1.82) is 0 Å². The monoisotopic (exact) mass is 417 g/mol. The summed E-state index contributed by atoms with van der Waals surface area (Å²) in [6.07, 6.45) is -0.00550. The minimum absolute atomic E-state index is 0.00384. The van der Waals surface area contributed by atoms with Crippen molar-refractivity contribution in [3.8, 4) is 0 Å². The number of carboxylic acid groups (broad SMARTS) is 2. The third-order valence-electron chi connectivity index (χ3n) is 5.51. The van der Waals surface area contributed by atoms with Gasteiger partial charge in [-0.3, -0.25) is 9.59 Å². The van der Waals surface area contributed by atoms with Crippen molar-refractivity contribution in [3.05, 3.63) is 69.7 Å². The average molecular weight is 418 g/mol. The molecule has 0 radical (unpaired) electrons. The van der Waals surface area contributed by atoms with Gasteiger partial charge in [-0.25, -0.2) is 0 Å². The number of aliphatic hydroxyl groups is 1. The van der Waals surface area contributed by atoms with E-state index in [1.54, 1.807) is 18.2 Å². The molecular formula is C22H24ClNO5. The van der Waals surface area contributed by atoms with Crippen LogP contribution in [0.4, 0.5) is 0 Å². The molecule has 154 valence electrons. The number of carboxylic acids is 2. The van der Waals surface area contributed by atoms with E-state index < -0.39 is 23.5 Å². The molecule has 7 heteroatoms. The summed E-state index contributed by atoms with van der Waals surface area (Å²) in [6.45, 7) is 2.37. The van der Waals surface area contributed by atoms with E-state index in [4.69, 9.17) is 11.6 Å². The second-order valence-electron chi connectivity index (χ2n) is 7.73. The molecule has 3 rings (SSSR count). The van der Waals surface area contributed by atoms with Crippen LogP contribution in [0.3, 0.4) is 0 Å². The minimum atomic E-state index is -1.77. The molecule has 0 aromatic heterocycles. The molecule has 6 nitrogen and oxygen atoms in total. The smallest absolute Gasteiger partial charge is 0.321 e. The largest absolute Gasteiger partial charge is 0.480 e. The molecule has 0 fully saturated rings. The molecule has 4 N–H and O–H groups in total. The lowest BCUT2D eigenvalue weighted by atomic mass is 9.85. The van der Waals surface area contributed by atoms with E-state index in [9.17, 15) is 24.9 Å². The van der Waals surface area contributed by atoms with Crippen molar-refractivity contribution < 1.29 is 24.9 Å². The third kappa shape index (κ3) is 4.61. The van der Waals surface area contributed by atoms with Crippen molar-refractivity contribution in [3.63, 3.8) is 0 Å². The molecule has 2 atom stereocenters. The van der Waals surface area contributed by atoms with Crippen LogP contribution in [0.1, 0.15) is 35.3 Å². The number of carbonyl (C=O) groups is 2. The zero-order valence-corrected chi connectivity index (χ0v) is 16.8. The highest BCUT2D eigenvalue weighted by atomic mass is 35.5. The van der Waals surface area contributed by atoms with Crippen LogP contribution >= 0.6 is 11.6 Å². The normalized spacial score (nSPS) is 16.8. The van der Waals surface area contributed by atoms with E-state index in [0.29, 0.717) is 18.0 Å². The predicted molar refractivity (Wildman–Crippen MR) is 109 cm³/mol. The van der Waals surface area contributed by atoms with Crippen molar-refractivity contribution in [2.24, 2.45) is 5.41 Å². The van der Waals surface area contributed by atoms with Gasteiger partial charge in [0.1, 0.15) is 0 Å². The van der Waals surface area contributed by atoms with Gasteiger partial charge in [-0.05, 0) is 60.6 Å². The van der Waals surface area contributed by atoms with E-state index in [2.05, 4.69) is 5.32 Å². The highest BCUT2D eigenvalue weighted by Crippen LogP contribution is 2.38. The van der Waals surface area contributed by atoms with Crippen LogP contribution in [-0.4, -0.2) is 39.8 Å². The molecular weight excluding hydrogens is 394 g/mol. The van der Waals surface area contributed by atoms with E-state index in [-0.39, 0.29) is 18.9 Å². The molecule has 29 heavy (non-hydrogen) atoms. The molecule has 0 amide bonds. The van der Waals surface area contributed by atoms with Gasteiger partial charge in [-0.1, -0.05) is 41.9 Å². The van der Waals surface area contributed by atoms with Crippen LogP contribution in [0.2, 0.25) is 5.02 Å². The summed E-state index contributed by atoms with van der Waals surface area (Å²) in [5.41, 5.74) is 1.52. The zero-order valence-electron chi connectivity index (χ0n) is 16.1. The fourth-order valence-electron chi connectivity index (χ4n) is 3.82. The van der Waals surface area contributed by atoms with Gasteiger partial charge in [-0.15, -0.1) is 0 Å². The van der Waals surface area contributed by atoms with Crippen molar-refractivity contribution >= 4 is 23.5 Å². The highest BCUT2D eigenvalue weighted by molar-refractivity contribution is 6.30. The molecule has 0 spiro atoms. The molecule has 2 aromatic carbocycles. The summed E-state index contributed by atoms with van der Waals surface area (Å²) in [5.74, 6) is -2.60. The van der Waals surface area contributed by atoms with E-state index in [1.165, 1.54) is 0 Å². The third-order valence-corrected chi connectivity index (χ3v) is 5.74. The average Bonchev–Trinajstić information content (AvgIpc) is 3.06. The maximum atomic E-state index is 11.6. The van der Waals surface area contributed by atoms with Gasteiger partial charge in [0.25, 0.3) is 0 Å². The fourth-order valence-corrected chi connectivity index (χ4v) is 4.02. The summed E-state index contributed by atoms with van der Waals surface area (Å²) in [5, 5.41) is 33.0. The Labute approximate surface area is 174 Å². The van der Waals surface area contributed by atoms with E-state index >= 15 is 0 Å². The number of nitrogens with one attached hydrogen (secondary N) is 1. The van der Waals surface area contributed by atoms with E-state index in [0.717, 1.165) is 22.3 Å². The van der Waals surface area contributed by atoms with Crippen LogP contribution in [0, 0.1) is 5.41 Å². The highest BCUT2D eigenvalue weighted by Gasteiger charge is 2.50. The van der Waals surface area contributed by atoms with Crippen molar-refractivity contribution in [2.45, 2.75) is 38.3 Å². The molecule has 0 unspecified atom stereocenters. The molecule has 1 aliphatic rings. The van der Waals surface area contributed by atoms with Crippen molar-refractivity contribution in [1.82, 2.24) is 5.32 Å². The minimum Gasteiger partial charge on any atom is -0.480 e. The SMILES string of the molecule is C[C@H](Cc1ccc2c(c1)CC(C(=O)O)(C(=O)O)C2)NC[C@H](O)c1cccc(Cl)c1. The maximum absolute atomic E-state index is 11.6. The van der Waals surface area contributed by atoms with E-state index in [1.807, 2.05) is 31.2 Å². The Bertz CT molecular complexity index is 915. The predicted octanol–water partition coefficient (Wildman–Crippen LogP) is 2.85. The van der Waals surface area contributed by atoms with Gasteiger partial charge >= 0.3 is 11.9 Å².